The van der Waals surface area contributed by atoms with Crippen LogP contribution >= 0.6 is 0 Å². The Bertz CT molecular complexity index is 688. The van der Waals surface area contributed by atoms with Crippen LogP contribution in [0.1, 0.15) is 82.8 Å². The summed E-state index contributed by atoms with van der Waals surface area (Å²) in [6.07, 6.45) is 9.27. The predicted octanol–water partition coefficient (Wildman–Crippen LogP) is 5.18. The van der Waals surface area contributed by atoms with Gasteiger partial charge in [-0.15, -0.1) is 0 Å². The number of carbonyl (C=O) groups is 2. The normalized spacial score (nSPS) is 15.4. The average molecular weight is 391 g/mol. The lowest BCUT2D eigenvalue weighted by Gasteiger charge is -2.18. The van der Waals surface area contributed by atoms with Gasteiger partial charge in [0.1, 0.15) is 5.75 Å². The quantitative estimate of drug-likeness (QED) is 0.403. The summed E-state index contributed by atoms with van der Waals surface area (Å²) < 4.78 is 0. The van der Waals surface area contributed by atoms with Gasteiger partial charge < -0.3 is 15.3 Å². The van der Waals surface area contributed by atoms with E-state index in [4.69, 9.17) is 5.11 Å². The molecular formula is C23H34O5. The molecule has 1 aromatic carbocycles. The maximum Gasteiger partial charge on any atom is 0.309 e. The van der Waals surface area contributed by atoms with Crippen molar-refractivity contribution >= 4 is 11.9 Å². The van der Waals surface area contributed by atoms with Crippen LogP contribution in [0.4, 0.5) is 0 Å². The smallest absolute Gasteiger partial charge is 0.309 e. The summed E-state index contributed by atoms with van der Waals surface area (Å²) in [6.45, 7) is 3.52. The van der Waals surface area contributed by atoms with E-state index in [1.165, 1.54) is 0 Å². The fraction of sp³-hybridized carbons (Fsp3) is 0.652. The highest BCUT2D eigenvalue weighted by molar-refractivity contribution is 5.77. The first-order valence-electron chi connectivity index (χ1n) is 10.4. The van der Waals surface area contributed by atoms with Crippen molar-refractivity contribution in [2.75, 3.05) is 0 Å². The Balaban J connectivity index is 1.67. The van der Waals surface area contributed by atoms with E-state index in [9.17, 15) is 19.8 Å². The zero-order chi connectivity index (χ0) is 20.8. The minimum Gasteiger partial charge on any atom is -0.508 e. The zero-order valence-corrected chi connectivity index (χ0v) is 17.2. The SMILES string of the molecule is CC(C)(CCCCCc1ccc(CCCCC2(C(=O)O)CC2)c(O)c1)C(=O)O. The maximum atomic E-state index is 11.2. The standard InChI is InChI=1S/C23H34O5/c1-22(2,20(25)26)12-6-3-4-8-17-10-11-18(19(24)16-17)9-5-7-13-23(14-15-23)21(27)28/h10-11,16,24H,3-9,12-15H2,1-2H3,(H,25,26)(H,27,28). The Morgan fingerprint density at radius 1 is 1.00 bits per heavy atom. The highest BCUT2D eigenvalue weighted by atomic mass is 16.4. The molecule has 28 heavy (non-hydrogen) atoms. The van der Waals surface area contributed by atoms with E-state index >= 15 is 0 Å². The van der Waals surface area contributed by atoms with E-state index in [0.29, 0.717) is 12.2 Å². The summed E-state index contributed by atoms with van der Waals surface area (Å²) in [4.78, 5) is 22.3. The van der Waals surface area contributed by atoms with Crippen molar-refractivity contribution < 1.29 is 24.9 Å². The van der Waals surface area contributed by atoms with Crippen molar-refractivity contribution in [3.63, 3.8) is 0 Å². The monoisotopic (exact) mass is 390 g/mol. The Labute approximate surface area is 167 Å². The van der Waals surface area contributed by atoms with E-state index in [0.717, 1.165) is 75.3 Å². The topological polar surface area (TPSA) is 94.8 Å². The molecule has 1 saturated carbocycles. The molecule has 0 spiro atoms. The fourth-order valence-electron chi connectivity index (χ4n) is 3.66. The number of aryl methyl sites for hydroxylation is 2. The van der Waals surface area contributed by atoms with Crippen LogP contribution in [0.15, 0.2) is 18.2 Å². The Morgan fingerprint density at radius 2 is 1.68 bits per heavy atom. The van der Waals surface area contributed by atoms with Gasteiger partial charge in [-0.1, -0.05) is 31.4 Å². The number of rotatable bonds is 13. The molecule has 0 aliphatic heterocycles. The summed E-state index contributed by atoms with van der Waals surface area (Å²) >= 11 is 0. The van der Waals surface area contributed by atoms with E-state index in [2.05, 4.69) is 6.07 Å². The number of aliphatic carboxylic acids is 2. The summed E-state index contributed by atoms with van der Waals surface area (Å²) in [5.41, 5.74) is 0.906. The lowest BCUT2D eigenvalue weighted by atomic mass is 9.87. The van der Waals surface area contributed by atoms with Crippen molar-refractivity contribution in [2.45, 2.75) is 84.5 Å². The van der Waals surface area contributed by atoms with Crippen LogP contribution in [0, 0.1) is 10.8 Å². The summed E-state index contributed by atoms with van der Waals surface area (Å²) in [7, 11) is 0. The van der Waals surface area contributed by atoms with Crippen LogP contribution in [0.3, 0.4) is 0 Å². The molecule has 5 heteroatoms. The third-order valence-corrected chi connectivity index (χ3v) is 6.15. The summed E-state index contributed by atoms with van der Waals surface area (Å²) in [5, 5.41) is 28.6. The van der Waals surface area contributed by atoms with Gasteiger partial charge in [0.2, 0.25) is 0 Å². The molecule has 0 heterocycles. The maximum absolute atomic E-state index is 11.2. The number of carboxylic acids is 2. The van der Waals surface area contributed by atoms with E-state index in [-0.39, 0.29) is 0 Å². The molecule has 0 atom stereocenters. The van der Waals surface area contributed by atoms with Crippen molar-refractivity contribution in [1.82, 2.24) is 0 Å². The number of aromatic hydroxyl groups is 1. The van der Waals surface area contributed by atoms with Gasteiger partial charge in [-0.05, 0) is 82.4 Å². The third-order valence-electron chi connectivity index (χ3n) is 6.15. The average Bonchev–Trinajstić information content (AvgIpc) is 3.41. The minimum absolute atomic E-state index is 0.323. The van der Waals surface area contributed by atoms with Gasteiger partial charge in [0.15, 0.2) is 0 Å². The lowest BCUT2D eigenvalue weighted by Crippen LogP contribution is -2.23. The van der Waals surface area contributed by atoms with E-state index < -0.39 is 22.8 Å². The first-order chi connectivity index (χ1) is 13.2. The van der Waals surface area contributed by atoms with Gasteiger partial charge in [0.25, 0.3) is 0 Å². The van der Waals surface area contributed by atoms with Gasteiger partial charge in [-0.25, -0.2) is 0 Å². The van der Waals surface area contributed by atoms with Gasteiger partial charge >= 0.3 is 11.9 Å². The van der Waals surface area contributed by atoms with Crippen molar-refractivity contribution in [3.05, 3.63) is 29.3 Å². The van der Waals surface area contributed by atoms with E-state index in [1.807, 2.05) is 12.1 Å². The van der Waals surface area contributed by atoms with E-state index in [1.54, 1.807) is 13.8 Å². The van der Waals surface area contributed by atoms with Crippen molar-refractivity contribution in [3.8, 4) is 5.75 Å². The lowest BCUT2D eigenvalue weighted by molar-refractivity contribution is -0.147. The van der Waals surface area contributed by atoms with Crippen molar-refractivity contribution in [2.24, 2.45) is 10.8 Å². The fourth-order valence-corrected chi connectivity index (χ4v) is 3.66. The Kier molecular flexibility index (Phi) is 7.50. The number of phenols is 1. The molecule has 1 aliphatic carbocycles. The second kappa shape index (κ2) is 9.44. The molecule has 0 saturated heterocycles. The Morgan fingerprint density at radius 3 is 2.25 bits per heavy atom. The molecule has 5 nitrogen and oxygen atoms in total. The molecule has 0 aromatic heterocycles. The van der Waals surface area contributed by atoms with Crippen LogP contribution in [0.25, 0.3) is 0 Å². The molecule has 0 unspecified atom stereocenters. The summed E-state index contributed by atoms with van der Waals surface area (Å²) in [5.74, 6) is -1.08. The van der Waals surface area contributed by atoms with Crippen LogP contribution in [0.2, 0.25) is 0 Å². The zero-order valence-electron chi connectivity index (χ0n) is 17.2. The van der Waals surface area contributed by atoms with Crippen LogP contribution in [0.5, 0.6) is 5.75 Å². The second-order valence-corrected chi connectivity index (χ2v) is 9.01. The second-order valence-electron chi connectivity index (χ2n) is 9.01. The molecule has 0 radical (unpaired) electrons. The molecule has 1 fully saturated rings. The highest BCUT2D eigenvalue weighted by Gasteiger charge is 2.49. The van der Waals surface area contributed by atoms with Crippen LogP contribution in [-0.4, -0.2) is 27.3 Å². The molecule has 1 aliphatic rings. The van der Waals surface area contributed by atoms with Gasteiger partial charge in [-0.2, -0.15) is 0 Å². The minimum atomic E-state index is -0.747. The molecule has 2 rings (SSSR count). The number of hydrogen-bond donors (Lipinski definition) is 3. The largest absolute Gasteiger partial charge is 0.508 e. The third kappa shape index (κ3) is 6.25. The number of carboxylic acid groups (broad SMARTS) is 2. The predicted molar refractivity (Wildman–Crippen MR) is 109 cm³/mol. The summed E-state index contributed by atoms with van der Waals surface area (Å²) in [6, 6.07) is 5.86. The number of benzene rings is 1. The number of unbranched alkanes of at least 4 members (excludes halogenated alkanes) is 3. The number of phenolic OH excluding ortho intramolecular Hbond substituents is 1. The molecule has 0 bridgehead atoms. The van der Waals surface area contributed by atoms with Gasteiger partial charge in [0.05, 0.1) is 10.8 Å². The van der Waals surface area contributed by atoms with Crippen molar-refractivity contribution in [1.29, 1.82) is 0 Å². The van der Waals surface area contributed by atoms with Gasteiger partial charge in [-0.3, -0.25) is 9.59 Å². The first-order valence-corrected chi connectivity index (χ1v) is 10.4. The number of hydrogen-bond acceptors (Lipinski definition) is 3. The van der Waals surface area contributed by atoms with Crippen LogP contribution in [-0.2, 0) is 22.4 Å². The molecular weight excluding hydrogens is 356 g/mol. The van der Waals surface area contributed by atoms with Gasteiger partial charge in [0, 0.05) is 0 Å². The molecule has 156 valence electrons. The highest BCUT2D eigenvalue weighted by Crippen LogP contribution is 2.50. The molecule has 0 amide bonds. The van der Waals surface area contributed by atoms with Crippen LogP contribution < -0.4 is 0 Å². The first kappa shape index (κ1) is 22.3. The molecule has 1 aromatic rings. The Hall–Kier alpha value is -2.04. The molecule has 3 N–H and O–H groups in total.